The molecule has 0 radical (unpaired) electrons. The molecule has 0 saturated carbocycles. The van der Waals surface area contributed by atoms with Crippen LogP contribution in [0.4, 0.5) is 5.69 Å². The number of halogens is 1. The van der Waals surface area contributed by atoms with Crippen LogP contribution in [0.25, 0.3) is 0 Å². The van der Waals surface area contributed by atoms with E-state index in [1.54, 1.807) is 12.1 Å². The summed E-state index contributed by atoms with van der Waals surface area (Å²) in [5.41, 5.74) is -0.152. The number of hydrogen-bond acceptors (Lipinski definition) is 4. The Labute approximate surface area is 110 Å². The Morgan fingerprint density at radius 3 is 2.78 bits per heavy atom. The van der Waals surface area contributed by atoms with E-state index in [1.807, 2.05) is 0 Å². The van der Waals surface area contributed by atoms with Crippen molar-refractivity contribution in [3.63, 3.8) is 0 Å². The number of para-hydroxylation sites is 1. The highest BCUT2D eigenvalue weighted by Gasteiger charge is 2.20. The van der Waals surface area contributed by atoms with E-state index >= 15 is 0 Å². The molecule has 1 aliphatic heterocycles. The van der Waals surface area contributed by atoms with E-state index in [4.69, 9.17) is 16.3 Å². The van der Waals surface area contributed by atoms with Gasteiger partial charge in [-0.05, 0) is 38.1 Å². The predicted octanol–water partition coefficient (Wildman–Crippen LogP) is 2.72. The van der Waals surface area contributed by atoms with Crippen LogP contribution in [-0.2, 0) is 0 Å². The smallest absolute Gasteiger partial charge is 0.329 e. The van der Waals surface area contributed by atoms with Crippen LogP contribution >= 0.6 is 11.6 Å². The molecule has 0 spiro atoms. The Morgan fingerprint density at radius 2 is 2.11 bits per heavy atom. The lowest BCUT2D eigenvalue weighted by molar-refractivity contribution is -0.385. The summed E-state index contributed by atoms with van der Waals surface area (Å²) >= 11 is 5.80. The molecule has 0 bridgehead atoms. The van der Waals surface area contributed by atoms with Gasteiger partial charge in [-0.25, -0.2) is 0 Å². The minimum Gasteiger partial charge on any atom is -0.485 e. The molecule has 1 aliphatic rings. The first-order valence-electron chi connectivity index (χ1n) is 5.96. The second-order valence-electron chi connectivity index (χ2n) is 4.24. The van der Waals surface area contributed by atoms with Gasteiger partial charge in [0.15, 0.2) is 5.75 Å². The van der Waals surface area contributed by atoms with Gasteiger partial charge in [-0.2, -0.15) is 0 Å². The van der Waals surface area contributed by atoms with Crippen molar-refractivity contribution in [2.75, 3.05) is 26.2 Å². The molecule has 5 nitrogen and oxygen atoms in total. The highest BCUT2D eigenvalue weighted by molar-refractivity contribution is 6.32. The maximum atomic E-state index is 10.9. The lowest BCUT2D eigenvalue weighted by Gasteiger charge is -2.14. The van der Waals surface area contributed by atoms with Crippen molar-refractivity contribution in [2.24, 2.45) is 0 Å². The molecule has 0 unspecified atom stereocenters. The van der Waals surface area contributed by atoms with Crippen LogP contribution in [-0.4, -0.2) is 36.1 Å². The van der Waals surface area contributed by atoms with Crippen molar-refractivity contribution in [1.82, 2.24) is 4.90 Å². The molecule has 98 valence electrons. The van der Waals surface area contributed by atoms with Gasteiger partial charge in [-0.3, -0.25) is 15.0 Å². The minimum atomic E-state index is -0.506. The van der Waals surface area contributed by atoms with E-state index in [2.05, 4.69) is 4.90 Å². The fraction of sp³-hybridized carbons (Fsp3) is 0.500. The van der Waals surface area contributed by atoms with Crippen molar-refractivity contribution in [3.05, 3.63) is 33.3 Å². The van der Waals surface area contributed by atoms with E-state index in [9.17, 15) is 10.1 Å². The van der Waals surface area contributed by atoms with Crippen LogP contribution < -0.4 is 4.74 Å². The number of rotatable bonds is 5. The summed E-state index contributed by atoms with van der Waals surface area (Å²) < 4.78 is 5.47. The number of ether oxygens (including phenoxy) is 1. The molecule has 2 rings (SSSR count). The largest absolute Gasteiger partial charge is 0.485 e. The maximum absolute atomic E-state index is 10.9. The van der Waals surface area contributed by atoms with Crippen LogP contribution in [0.15, 0.2) is 18.2 Å². The molecule has 0 aromatic heterocycles. The Balaban J connectivity index is 1.96. The molecule has 1 saturated heterocycles. The number of benzene rings is 1. The van der Waals surface area contributed by atoms with Crippen molar-refractivity contribution >= 4 is 17.3 Å². The highest BCUT2D eigenvalue weighted by atomic mass is 35.5. The van der Waals surface area contributed by atoms with Gasteiger partial charge in [0.1, 0.15) is 11.6 Å². The lowest BCUT2D eigenvalue weighted by Crippen LogP contribution is -2.25. The molecule has 18 heavy (non-hydrogen) atoms. The molecular formula is C12H15ClN2O3. The van der Waals surface area contributed by atoms with Crippen molar-refractivity contribution in [2.45, 2.75) is 12.8 Å². The number of nitrogens with zero attached hydrogens (tertiary/aromatic N) is 2. The summed E-state index contributed by atoms with van der Waals surface area (Å²) in [6.45, 7) is 3.41. The Bertz CT molecular complexity index is 433. The minimum absolute atomic E-state index is 0.110. The van der Waals surface area contributed by atoms with Crippen molar-refractivity contribution in [3.8, 4) is 5.75 Å². The zero-order chi connectivity index (χ0) is 13.0. The number of nitro groups is 1. The third-order valence-electron chi connectivity index (χ3n) is 3.00. The number of hydrogen-bond donors (Lipinski definition) is 0. The standard InChI is InChI=1S/C12H15ClN2O3/c13-10-4-3-5-11(12(10)15(16)17)18-9-8-14-6-1-2-7-14/h3-5H,1-2,6-9H2. The van der Waals surface area contributed by atoms with Crippen molar-refractivity contribution in [1.29, 1.82) is 0 Å². The van der Waals surface area contributed by atoms with Gasteiger partial charge in [0.2, 0.25) is 0 Å². The SMILES string of the molecule is O=[N+]([O-])c1c(Cl)cccc1OCCN1CCCC1. The third kappa shape index (κ3) is 3.11. The molecule has 0 N–H and O–H groups in total. The normalized spacial score (nSPS) is 15.8. The van der Waals surface area contributed by atoms with E-state index in [-0.39, 0.29) is 16.5 Å². The monoisotopic (exact) mass is 270 g/mol. The molecule has 1 heterocycles. The van der Waals surface area contributed by atoms with Crippen molar-refractivity contribution < 1.29 is 9.66 Å². The Morgan fingerprint density at radius 1 is 1.39 bits per heavy atom. The molecule has 6 heteroatoms. The van der Waals surface area contributed by atoms with Gasteiger partial charge in [0.05, 0.1) is 4.92 Å². The van der Waals surface area contributed by atoms with Gasteiger partial charge in [-0.15, -0.1) is 0 Å². The fourth-order valence-corrected chi connectivity index (χ4v) is 2.32. The molecule has 0 atom stereocenters. The number of nitro benzene ring substituents is 1. The Hall–Kier alpha value is -1.33. The van der Waals surface area contributed by atoms with Crippen LogP contribution in [0.3, 0.4) is 0 Å². The average Bonchev–Trinajstić information content (AvgIpc) is 2.81. The zero-order valence-corrected chi connectivity index (χ0v) is 10.7. The zero-order valence-electron chi connectivity index (χ0n) is 9.97. The second-order valence-corrected chi connectivity index (χ2v) is 4.65. The van der Waals surface area contributed by atoms with Crippen LogP contribution in [0, 0.1) is 10.1 Å². The molecule has 1 fully saturated rings. The van der Waals surface area contributed by atoms with E-state index in [0.29, 0.717) is 6.61 Å². The van der Waals surface area contributed by atoms with Crippen LogP contribution in [0.2, 0.25) is 5.02 Å². The van der Waals surface area contributed by atoms with E-state index in [0.717, 1.165) is 19.6 Å². The summed E-state index contributed by atoms with van der Waals surface area (Å²) in [7, 11) is 0. The highest BCUT2D eigenvalue weighted by Crippen LogP contribution is 2.34. The second kappa shape index (κ2) is 6.02. The summed E-state index contributed by atoms with van der Waals surface area (Å²) in [6, 6.07) is 4.72. The first-order valence-corrected chi connectivity index (χ1v) is 6.34. The molecular weight excluding hydrogens is 256 g/mol. The van der Waals surface area contributed by atoms with E-state index < -0.39 is 4.92 Å². The molecule has 1 aromatic rings. The molecule has 1 aromatic carbocycles. The van der Waals surface area contributed by atoms with Crippen LogP contribution in [0.5, 0.6) is 5.75 Å². The quantitative estimate of drug-likeness (QED) is 0.610. The van der Waals surface area contributed by atoms with Gasteiger partial charge < -0.3 is 4.74 Å². The van der Waals surface area contributed by atoms with Gasteiger partial charge in [0, 0.05) is 6.54 Å². The third-order valence-corrected chi connectivity index (χ3v) is 3.30. The fourth-order valence-electron chi connectivity index (χ4n) is 2.08. The maximum Gasteiger partial charge on any atom is 0.329 e. The molecule has 0 aliphatic carbocycles. The average molecular weight is 271 g/mol. The van der Waals surface area contributed by atoms with Gasteiger partial charge >= 0.3 is 5.69 Å². The lowest BCUT2D eigenvalue weighted by atomic mass is 10.3. The summed E-state index contributed by atoms with van der Waals surface area (Å²) in [5, 5.41) is 11.0. The topological polar surface area (TPSA) is 55.6 Å². The summed E-state index contributed by atoms with van der Waals surface area (Å²) in [5.74, 6) is 0.242. The van der Waals surface area contributed by atoms with Crippen LogP contribution in [0.1, 0.15) is 12.8 Å². The number of likely N-dealkylation sites (tertiary alicyclic amines) is 1. The predicted molar refractivity (Wildman–Crippen MR) is 69.3 cm³/mol. The van der Waals surface area contributed by atoms with E-state index in [1.165, 1.54) is 18.9 Å². The summed E-state index contributed by atoms with van der Waals surface area (Å²) in [6.07, 6.45) is 2.44. The van der Waals surface area contributed by atoms with Gasteiger partial charge in [0.25, 0.3) is 0 Å². The van der Waals surface area contributed by atoms with Gasteiger partial charge in [-0.1, -0.05) is 17.7 Å². The first-order chi connectivity index (χ1) is 8.68. The Kier molecular flexibility index (Phi) is 4.38. The summed E-state index contributed by atoms with van der Waals surface area (Å²) in [4.78, 5) is 12.7. The molecule has 0 amide bonds. The first kappa shape index (κ1) is 13.1.